The molecular formula is C9H17NO2. The van der Waals surface area contributed by atoms with Gasteiger partial charge < -0.3 is 10.8 Å². The SMILES string of the molecule is CC1CC(N)CCCC1C(=O)O. The zero-order valence-corrected chi connectivity index (χ0v) is 7.49. The number of rotatable bonds is 1. The zero-order valence-electron chi connectivity index (χ0n) is 7.49. The van der Waals surface area contributed by atoms with E-state index in [9.17, 15) is 4.79 Å². The molecule has 0 heterocycles. The van der Waals surface area contributed by atoms with Crippen molar-refractivity contribution in [1.82, 2.24) is 0 Å². The first kappa shape index (κ1) is 9.52. The molecule has 70 valence electrons. The van der Waals surface area contributed by atoms with E-state index in [4.69, 9.17) is 10.8 Å². The first-order chi connectivity index (χ1) is 5.61. The van der Waals surface area contributed by atoms with Gasteiger partial charge in [0.2, 0.25) is 0 Å². The molecule has 0 bridgehead atoms. The molecule has 3 nitrogen and oxygen atoms in total. The van der Waals surface area contributed by atoms with Crippen LogP contribution in [0.5, 0.6) is 0 Å². The highest BCUT2D eigenvalue weighted by atomic mass is 16.4. The van der Waals surface area contributed by atoms with Gasteiger partial charge in [-0.2, -0.15) is 0 Å². The van der Waals surface area contributed by atoms with Crippen molar-refractivity contribution < 1.29 is 9.90 Å². The lowest BCUT2D eigenvalue weighted by molar-refractivity contribution is -0.143. The van der Waals surface area contributed by atoms with Crippen LogP contribution in [-0.2, 0) is 4.79 Å². The molecule has 0 aliphatic heterocycles. The largest absolute Gasteiger partial charge is 0.481 e. The number of hydrogen-bond acceptors (Lipinski definition) is 2. The van der Waals surface area contributed by atoms with Gasteiger partial charge in [-0.1, -0.05) is 13.3 Å². The van der Waals surface area contributed by atoms with Crippen LogP contribution in [0, 0.1) is 11.8 Å². The number of nitrogens with two attached hydrogens (primary N) is 1. The molecule has 1 fully saturated rings. The van der Waals surface area contributed by atoms with Crippen molar-refractivity contribution in [1.29, 1.82) is 0 Å². The Balaban J connectivity index is 2.57. The lowest BCUT2D eigenvalue weighted by Gasteiger charge is -2.17. The normalized spacial score (nSPS) is 37.3. The van der Waals surface area contributed by atoms with Crippen molar-refractivity contribution in [3.63, 3.8) is 0 Å². The van der Waals surface area contributed by atoms with Crippen LogP contribution in [0.2, 0.25) is 0 Å². The molecule has 1 aliphatic rings. The third kappa shape index (κ3) is 2.21. The quantitative estimate of drug-likeness (QED) is 0.583. The molecule has 0 amide bonds. The van der Waals surface area contributed by atoms with Crippen molar-refractivity contribution in [2.75, 3.05) is 0 Å². The van der Waals surface area contributed by atoms with E-state index in [0.29, 0.717) is 0 Å². The number of carboxylic acid groups (broad SMARTS) is 1. The molecule has 0 aromatic heterocycles. The van der Waals surface area contributed by atoms with Crippen molar-refractivity contribution in [2.45, 2.75) is 38.6 Å². The lowest BCUT2D eigenvalue weighted by Crippen LogP contribution is -2.25. The van der Waals surface area contributed by atoms with Crippen LogP contribution in [0.1, 0.15) is 32.6 Å². The minimum atomic E-state index is -0.656. The van der Waals surface area contributed by atoms with Crippen LogP contribution in [0.3, 0.4) is 0 Å². The van der Waals surface area contributed by atoms with Gasteiger partial charge in [0, 0.05) is 6.04 Å². The van der Waals surface area contributed by atoms with E-state index >= 15 is 0 Å². The summed E-state index contributed by atoms with van der Waals surface area (Å²) in [4.78, 5) is 10.8. The summed E-state index contributed by atoms with van der Waals surface area (Å²) in [7, 11) is 0. The van der Waals surface area contributed by atoms with Crippen LogP contribution in [0.25, 0.3) is 0 Å². The summed E-state index contributed by atoms with van der Waals surface area (Å²) in [5.74, 6) is -0.588. The summed E-state index contributed by atoms with van der Waals surface area (Å²) in [6, 6.07) is 0.212. The summed E-state index contributed by atoms with van der Waals surface area (Å²) in [5, 5.41) is 8.88. The summed E-state index contributed by atoms with van der Waals surface area (Å²) < 4.78 is 0. The molecule has 0 aromatic rings. The topological polar surface area (TPSA) is 63.3 Å². The molecule has 1 saturated carbocycles. The van der Waals surface area contributed by atoms with E-state index in [1.54, 1.807) is 0 Å². The van der Waals surface area contributed by atoms with Crippen LogP contribution in [0.4, 0.5) is 0 Å². The zero-order chi connectivity index (χ0) is 9.14. The predicted molar refractivity (Wildman–Crippen MR) is 46.7 cm³/mol. The van der Waals surface area contributed by atoms with Crippen molar-refractivity contribution in [3.8, 4) is 0 Å². The highest BCUT2D eigenvalue weighted by Crippen LogP contribution is 2.27. The molecule has 0 radical (unpaired) electrons. The minimum absolute atomic E-state index is 0.168. The van der Waals surface area contributed by atoms with Crippen LogP contribution in [0.15, 0.2) is 0 Å². The summed E-state index contributed by atoms with van der Waals surface area (Å²) in [6.07, 6.45) is 3.60. The Morgan fingerprint density at radius 1 is 1.50 bits per heavy atom. The second-order valence-electron chi connectivity index (χ2n) is 3.85. The van der Waals surface area contributed by atoms with Gasteiger partial charge in [0.25, 0.3) is 0 Å². The van der Waals surface area contributed by atoms with Gasteiger partial charge in [0.05, 0.1) is 5.92 Å². The van der Waals surface area contributed by atoms with Gasteiger partial charge in [-0.25, -0.2) is 0 Å². The lowest BCUT2D eigenvalue weighted by atomic mass is 9.89. The van der Waals surface area contributed by atoms with E-state index in [1.165, 1.54) is 0 Å². The summed E-state index contributed by atoms with van der Waals surface area (Å²) in [6.45, 7) is 1.99. The van der Waals surface area contributed by atoms with Gasteiger partial charge in [-0.15, -0.1) is 0 Å². The molecule has 1 rings (SSSR count). The minimum Gasteiger partial charge on any atom is -0.481 e. The Bertz CT molecular complexity index is 170. The van der Waals surface area contributed by atoms with E-state index in [-0.39, 0.29) is 17.9 Å². The first-order valence-electron chi connectivity index (χ1n) is 4.59. The highest BCUT2D eigenvalue weighted by Gasteiger charge is 2.28. The van der Waals surface area contributed by atoms with Crippen LogP contribution >= 0.6 is 0 Å². The highest BCUT2D eigenvalue weighted by molar-refractivity contribution is 5.70. The Morgan fingerprint density at radius 3 is 2.75 bits per heavy atom. The molecule has 3 unspecified atom stereocenters. The molecule has 3 N–H and O–H groups in total. The Labute approximate surface area is 72.9 Å². The molecular weight excluding hydrogens is 154 g/mol. The van der Waals surface area contributed by atoms with E-state index < -0.39 is 5.97 Å². The predicted octanol–water partition coefficient (Wildman–Crippen LogP) is 1.22. The Morgan fingerprint density at radius 2 is 2.17 bits per heavy atom. The smallest absolute Gasteiger partial charge is 0.306 e. The fourth-order valence-corrected chi connectivity index (χ4v) is 2.01. The maximum atomic E-state index is 10.8. The van der Waals surface area contributed by atoms with E-state index in [2.05, 4.69) is 0 Å². The number of hydrogen-bond donors (Lipinski definition) is 2. The van der Waals surface area contributed by atoms with E-state index in [0.717, 1.165) is 25.7 Å². The van der Waals surface area contributed by atoms with Crippen LogP contribution in [-0.4, -0.2) is 17.1 Å². The maximum absolute atomic E-state index is 10.8. The fourth-order valence-electron chi connectivity index (χ4n) is 2.01. The van der Waals surface area contributed by atoms with Gasteiger partial charge in [0.1, 0.15) is 0 Å². The molecule has 0 spiro atoms. The summed E-state index contributed by atoms with van der Waals surface area (Å²) >= 11 is 0. The number of carbonyl (C=O) groups is 1. The van der Waals surface area contributed by atoms with Crippen molar-refractivity contribution in [2.24, 2.45) is 17.6 Å². The molecule has 1 aliphatic carbocycles. The van der Waals surface area contributed by atoms with Gasteiger partial charge in [-0.05, 0) is 25.2 Å². The van der Waals surface area contributed by atoms with E-state index in [1.807, 2.05) is 6.92 Å². The van der Waals surface area contributed by atoms with Crippen molar-refractivity contribution >= 4 is 5.97 Å². The molecule has 3 atom stereocenters. The molecule has 0 aromatic carbocycles. The summed E-state index contributed by atoms with van der Waals surface area (Å²) in [5.41, 5.74) is 5.79. The monoisotopic (exact) mass is 171 g/mol. The van der Waals surface area contributed by atoms with Gasteiger partial charge in [0.15, 0.2) is 0 Å². The molecule has 0 saturated heterocycles. The standard InChI is InChI=1S/C9H17NO2/c1-6-5-7(10)3-2-4-8(6)9(11)12/h6-8H,2-5,10H2,1H3,(H,11,12). The second-order valence-corrected chi connectivity index (χ2v) is 3.85. The second kappa shape index (κ2) is 3.90. The fraction of sp³-hybridized carbons (Fsp3) is 0.889. The Kier molecular flexibility index (Phi) is 3.09. The van der Waals surface area contributed by atoms with Gasteiger partial charge >= 0.3 is 5.97 Å². The average molecular weight is 171 g/mol. The molecule has 12 heavy (non-hydrogen) atoms. The average Bonchev–Trinajstić information content (AvgIpc) is 2.10. The first-order valence-corrected chi connectivity index (χ1v) is 4.59. The third-order valence-electron chi connectivity index (χ3n) is 2.77. The van der Waals surface area contributed by atoms with Crippen LogP contribution < -0.4 is 5.73 Å². The van der Waals surface area contributed by atoms with Crippen molar-refractivity contribution in [3.05, 3.63) is 0 Å². The van der Waals surface area contributed by atoms with Gasteiger partial charge in [-0.3, -0.25) is 4.79 Å². The Hall–Kier alpha value is -0.570. The number of carboxylic acids is 1. The maximum Gasteiger partial charge on any atom is 0.306 e. The molecule has 3 heteroatoms. The number of aliphatic carboxylic acids is 1. The third-order valence-corrected chi connectivity index (χ3v) is 2.77.